The number of rotatable bonds is 4. The van der Waals surface area contributed by atoms with Gasteiger partial charge in [0.2, 0.25) is 0 Å². The number of carbonyl (C=O) groups excluding carboxylic acids is 1. The van der Waals surface area contributed by atoms with Gasteiger partial charge in [0, 0.05) is 23.0 Å². The number of amides is 1. The van der Waals surface area contributed by atoms with Crippen LogP contribution in [0.3, 0.4) is 0 Å². The van der Waals surface area contributed by atoms with E-state index in [4.69, 9.17) is 5.26 Å². The van der Waals surface area contributed by atoms with Crippen molar-refractivity contribution < 1.29 is 4.79 Å². The minimum absolute atomic E-state index is 0.0798. The molecule has 2 aromatic rings. The first kappa shape index (κ1) is 14.9. The number of aromatic amines is 1. The zero-order valence-corrected chi connectivity index (χ0v) is 13.2. The normalized spacial score (nSPS) is 16.9. The number of aromatic nitrogens is 1. The summed E-state index contributed by atoms with van der Waals surface area (Å²) in [5, 5.41) is 14.0. The SMILES string of the molecule is N#Cc1cc(C(=O)NCC2(c3cccs3)CCCCC2)c[nH]1. The molecule has 3 rings (SSSR count). The Morgan fingerprint density at radius 1 is 1.41 bits per heavy atom. The Bertz CT molecular complexity index is 675. The van der Waals surface area contributed by atoms with E-state index >= 15 is 0 Å². The highest BCUT2D eigenvalue weighted by Crippen LogP contribution is 2.41. The first-order valence-corrected chi connectivity index (χ1v) is 8.52. The highest BCUT2D eigenvalue weighted by Gasteiger charge is 2.35. The summed E-state index contributed by atoms with van der Waals surface area (Å²) in [7, 11) is 0. The smallest absolute Gasteiger partial charge is 0.252 e. The maximum Gasteiger partial charge on any atom is 0.252 e. The topological polar surface area (TPSA) is 68.7 Å². The molecule has 1 amide bonds. The fraction of sp³-hybridized carbons (Fsp3) is 0.412. The van der Waals surface area contributed by atoms with Gasteiger partial charge in [-0.1, -0.05) is 25.3 Å². The van der Waals surface area contributed by atoms with Crippen LogP contribution in [0.15, 0.2) is 29.8 Å². The van der Waals surface area contributed by atoms with Crippen LogP contribution in [-0.4, -0.2) is 17.4 Å². The lowest BCUT2D eigenvalue weighted by atomic mass is 9.73. The molecule has 0 aliphatic heterocycles. The minimum Gasteiger partial charge on any atom is -0.352 e. The minimum atomic E-state index is -0.112. The fourth-order valence-electron chi connectivity index (χ4n) is 3.26. The van der Waals surface area contributed by atoms with Crippen molar-refractivity contribution in [3.63, 3.8) is 0 Å². The highest BCUT2D eigenvalue weighted by molar-refractivity contribution is 7.10. The molecule has 0 spiro atoms. The number of nitrogens with one attached hydrogen (secondary N) is 2. The highest BCUT2D eigenvalue weighted by atomic mass is 32.1. The van der Waals surface area contributed by atoms with Crippen LogP contribution in [0.5, 0.6) is 0 Å². The number of nitrogens with zero attached hydrogens (tertiary/aromatic N) is 1. The summed E-state index contributed by atoms with van der Waals surface area (Å²) in [6, 6.07) is 7.87. The summed E-state index contributed by atoms with van der Waals surface area (Å²) in [4.78, 5) is 16.5. The van der Waals surface area contributed by atoms with Gasteiger partial charge in [0.05, 0.1) is 5.56 Å². The Morgan fingerprint density at radius 2 is 2.23 bits per heavy atom. The van der Waals surface area contributed by atoms with E-state index in [9.17, 15) is 4.79 Å². The lowest BCUT2D eigenvalue weighted by Gasteiger charge is -2.36. The lowest BCUT2D eigenvalue weighted by Crippen LogP contribution is -2.41. The molecule has 2 N–H and O–H groups in total. The summed E-state index contributed by atoms with van der Waals surface area (Å²) in [6.45, 7) is 0.666. The van der Waals surface area contributed by atoms with Gasteiger partial charge < -0.3 is 10.3 Å². The summed E-state index contributed by atoms with van der Waals surface area (Å²) >= 11 is 1.78. The molecule has 2 heterocycles. The van der Waals surface area contributed by atoms with Gasteiger partial charge >= 0.3 is 0 Å². The Morgan fingerprint density at radius 3 is 2.86 bits per heavy atom. The van der Waals surface area contributed by atoms with Gasteiger partial charge in [-0.2, -0.15) is 5.26 Å². The number of nitriles is 1. The number of thiophene rings is 1. The maximum atomic E-state index is 12.3. The largest absolute Gasteiger partial charge is 0.352 e. The van der Waals surface area contributed by atoms with E-state index in [1.807, 2.05) is 6.07 Å². The summed E-state index contributed by atoms with van der Waals surface area (Å²) < 4.78 is 0. The Labute approximate surface area is 134 Å². The molecular weight excluding hydrogens is 294 g/mol. The maximum absolute atomic E-state index is 12.3. The zero-order valence-electron chi connectivity index (χ0n) is 12.4. The molecule has 0 bridgehead atoms. The van der Waals surface area contributed by atoms with E-state index in [1.54, 1.807) is 23.6 Å². The Hall–Kier alpha value is -2.06. The number of hydrogen-bond donors (Lipinski definition) is 2. The van der Waals surface area contributed by atoms with Gasteiger partial charge in [0.25, 0.3) is 5.91 Å². The molecule has 5 heteroatoms. The van der Waals surface area contributed by atoms with E-state index in [0.29, 0.717) is 17.8 Å². The molecule has 0 unspecified atom stereocenters. The second-order valence-corrected chi connectivity index (χ2v) is 6.86. The molecule has 0 aromatic carbocycles. The summed E-state index contributed by atoms with van der Waals surface area (Å²) in [5.74, 6) is -0.112. The van der Waals surface area contributed by atoms with Crippen LogP contribution in [0.1, 0.15) is 53.0 Å². The Balaban J connectivity index is 1.72. The molecule has 114 valence electrons. The predicted octanol–water partition coefficient (Wildman–Crippen LogP) is 3.58. The second kappa shape index (κ2) is 6.37. The van der Waals surface area contributed by atoms with Gasteiger partial charge in [-0.3, -0.25) is 4.79 Å². The third kappa shape index (κ3) is 2.93. The van der Waals surface area contributed by atoms with Gasteiger partial charge in [-0.25, -0.2) is 0 Å². The van der Waals surface area contributed by atoms with Crippen molar-refractivity contribution in [3.05, 3.63) is 45.9 Å². The van der Waals surface area contributed by atoms with Gasteiger partial charge in [0.15, 0.2) is 0 Å². The van der Waals surface area contributed by atoms with Crippen LogP contribution in [0.25, 0.3) is 0 Å². The molecule has 1 aliphatic carbocycles. The van der Waals surface area contributed by atoms with E-state index in [2.05, 4.69) is 27.8 Å². The molecule has 1 fully saturated rings. The van der Waals surface area contributed by atoms with Crippen molar-refractivity contribution in [2.45, 2.75) is 37.5 Å². The molecule has 0 atom stereocenters. The molecular formula is C17H19N3OS. The van der Waals surface area contributed by atoms with Crippen LogP contribution in [0.4, 0.5) is 0 Å². The molecule has 1 saturated carbocycles. The van der Waals surface area contributed by atoms with Crippen molar-refractivity contribution in [3.8, 4) is 6.07 Å². The number of carbonyl (C=O) groups is 1. The van der Waals surface area contributed by atoms with E-state index < -0.39 is 0 Å². The summed E-state index contributed by atoms with van der Waals surface area (Å²) in [6.07, 6.45) is 7.57. The predicted molar refractivity (Wildman–Crippen MR) is 86.9 cm³/mol. The molecule has 2 aromatic heterocycles. The van der Waals surface area contributed by atoms with E-state index in [1.165, 1.54) is 24.1 Å². The first-order chi connectivity index (χ1) is 10.7. The molecule has 22 heavy (non-hydrogen) atoms. The van der Waals surface area contributed by atoms with Gasteiger partial charge in [-0.15, -0.1) is 11.3 Å². The monoisotopic (exact) mass is 313 g/mol. The average molecular weight is 313 g/mol. The van der Waals surface area contributed by atoms with Crippen molar-refractivity contribution in [1.82, 2.24) is 10.3 Å². The van der Waals surface area contributed by atoms with Crippen LogP contribution < -0.4 is 5.32 Å². The van der Waals surface area contributed by atoms with Crippen LogP contribution in [0, 0.1) is 11.3 Å². The molecule has 0 saturated heterocycles. The van der Waals surface area contributed by atoms with Gasteiger partial charge in [-0.05, 0) is 30.4 Å². The van der Waals surface area contributed by atoms with Gasteiger partial charge in [0.1, 0.15) is 11.8 Å². The van der Waals surface area contributed by atoms with Crippen LogP contribution in [-0.2, 0) is 5.41 Å². The van der Waals surface area contributed by atoms with E-state index in [-0.39, 0.29) is 11.3 Å². The zero-order chi connectivity index (χ0) is 15.4. The summed E-state index contributed by atoms with van der Waals surface area (Å²) in [5.41, 5.74) is 1.01. The van der Waals surface area contributed by atoms with Crippen molar-refractivity contribution in [1.29, 1.82) is 5.26 Å². The standard InChI is InChI=1S/C17H19N3OS/c18-10-14-9-13(11-19-14)16(21)20-12-17(6-2-1-3-7-17)15-5-4-8-22-15/h4-5,8-9,11,19H,1-3,6-7,12H2,(H,20,21). The lowest BCUT2D eigenvalue weighted by molar-refractivity contribution is 0.0937. The quantitative estimate of drug-likeness (QED) is 0.906. The van der Waals surface area contributed by atoms with Crippen LogP contribution in [0.2, 0.25) is 0 Å². The molecule has 1 aliphatic rings. The fourth-order valence-corrected chi connectivity index (χ4v) is 4.25. The number of H-pyrrole nitrogens is 1. The van der Waals surface area contributed by atoms with Crippen molar-refractivity contribution in [2.75, 3.05) is 6.54 Å². The first-order valence-electron chi connectivity index (χ1n) is 7.64. The second-order valence-electron chi connectivity index (χ2n) is 5.91. The third-order valence-electron chi connectivity index (χ3n) is 4.51. The molecule has 4 nitrogen and oxygen atoms in total. The van der Waals surface area contributed by atoms with Crippen LogP contribution >= 0.6 is 11.3 Å². The Kier molecular flexibility index (Phi) is 4.30. The van der Waals surface area contributed by atoms with E-state index in [0.717, 1.165) is 12.8 Å². The average Bonchev–Trinajstić information content (AvgIpc) is 3.24. The van der Waals surface area contributed by atoms with Crippen molar-refractivity contribution >= 4 is 17.2 Å². The van der Waals surface area contributed by atoms with Crippen molar-refractivity contribution in [2.24, 2.45) is 0 Å². The number of hydrogen-bond acceptors (Lipinski definition) is 3. The third-order valence-corrected chi connectivity index (χ3v) is 5.62. The molecule has 0 radical (unpaired) electrons.